The molecule has 7 heteroatoms. The van der Waals surface area contributed by atoms with E-state index in [4.69, 9.17) is 20.8 Å². The van der Waals surface area contributed by atoms with E-state index in [0.29, 0.717) is 23.4 Å². The summed E-state index contributed by atoms with van der Waals surface area (Å²) in [5.74, 6) is -2.31. The maximum Gasteiger partial charge on any atom is 0.340 e. The number of carbonyl (C=O) groups excluding carboxylic acids is 1. The molecule has 0 saturated carbocycles. The molecule has 0 saturated heterocycles. The van der Waals surface area contributed by atoms with Crippen LogP contribution in [0.5, 0.6) is 0 Å². The second kappa shape index (κ2) is 7.03. The van der Waals surface area contributed by atoms with E-state index >= 15 is 0 Å². The lowest BCUT2D eigenvalue weighted by Gasteiger charge is -2.05. The highest BCUT2D eigenvalue weighted by molar-refractivity contribution is 6.33. The third kappa shape index (κ3) is 3.69. The van der Waals surface area contributed by atoms with Gasteiger partial charge < -0.3 is 9.15 Å². The summed E-state index contributed by atoms with van der Waals surface area (Å²) < 4.78 is 37.0. The number of ether oxygens (including phenoxy) is 1. The van der Waals surface area contributed by atoms with Crippen LogP contribution in [0.3, 0.4) is 0 Å². The quantitative estimate of drug-likeness (QED) is 0.486. The minimum absolute atomic E-state index is 0.184. The Bertz CT molecular complexity index is 926. The van der Waals surface area contributed by atoms with Crippen LogP contribution < -0.4 is 0 Å². The second-order valence-corrected chi connectivity index (χ2v) is 5.62. The summed E-state index contributed by atoms with van der Waals surface area (Å²) >= 11 is 5.75. The highest BCUT2D eigenvalue weighted by Gasteiger charge is 2.18. The molecule has 0 atom stereocenters. The molecular weight excluding hydrogens is 352 g/mol. The van der Waals surface area contributed by atoms with E-state index < -0.39 is 17.6 Å². The largest absolute Gasteiger partial charge is 0.455 e. The first-order valence-corrected chi connectivity index (χ1v) is 7.67. The van der Waals surface area contributed by atoms with Crippen LogP contribution in [0.15, 0.2) is 46.9 Å². The molecule has 2 aromatic carbocycles. The standard InChI is InChI=1S/C18H12ClF2NO3/c1-10-16(22-17(25-10)11-5-3-2-4-6-11)9-24-18(23)12-7-14(20)15(21)8-13(12)19/h2-8H,9H2,1H3. The maximum atomic E-state index is 13.3. The number of oxazole rings is 1. The first-order valence-electron chi connectivity index (χ1n) is 7.29. The van der Waals surface area contributed by atoms with Crippen LogP contribution >= 0.6 is 11.6 Å². The summed E-state index contributed by atoms with van der Waals surface area (Å²) in [6, 6.07) is 10.7. The van der Waals surface area contributed by atoms with Gasteiger partial charge in [0.25, 0.3) is 0 Å². The van der Waals surface area contributed by atoms with Crippen molar-refractivity contribution in [3.8, 4) is 11.5 Å². The minimum atomic E-state index is -1.18. The van der Waals surface area contributed by atoms with E-state index in [1.807, 2.05) is 30.3 Å². The number of halogens is 3. The van der Waals surface area contributed by atoms with E-state index in [1.54, 1.807) is 6.92 Å². The van der Waals surface area contributed by atoms with Gasteiger partial charge in [-0.1, -0.05) is 29.8 Å². The normalized spacial score (nSPS) is 10.7. The van der Waals surface area contributed by atoms with Gasteiger partial charge in [-0.25, -0.2) is 18.6 Å². The average molecular weight is 364 g/mol. The molecule has 25 heavy (non-hydrogen) atoms. The van der Waals surface area contributed by atoms with Gasteiger partial charge in [-0.05, 0) is 31.2 Å². The molecule has 0 aliphatic carbocycles. The van der Waals surface area contributed by atoms with Crippen molar-refractivity contribution in [2.24, 2.45) is 0 Å². The van der Waals surface area contributed by atoms with Crippen LogP contribution in [0, 0.1) is 18.6 Å². The molecule has 0 amide bonds. The Balaban J connectivity index is 1.75. The predicted molar refractivity (Wildman–Crippen MR) is 87.2 cm³/mol. The lowest BCUT2D eigenvalue weighted by atomic mass is 10.2. The fraction of sp³-hybridized carbons (Fsp3) is 0.111. The number of rotatable bonds is 4. The monoisotopic (exact) mass is 363 g/mol. The first-order chi connectivity index (χ1) is 12.0. The van der Waals surface area contributed by atoms with Crippen molar-refractivity contribution in [3.63, 3.8) is 0 Å². The summed E-state index contributed by atoms with van der Waals surface area (Å²) in [5, 5.41) is -0.231. The summed E-state index contributed by atoms with van der Waals surface area (Å²) in [5.41, 5.74) is 0.947. The van der Waals surface area contributed by atoms with E-state index in [0.717, 1.165) is 11.6 Å². The fourth-order valence-corrected chi connectivity index (χ4v) is 2.38. The zero-order valence-electron chi connectivity index (χ0n) is 13.1. The van der Waals surface area contributed by atoms with Crippen LogP contribution in [0.4, 0.5) is 8.78 Å². The predicted octanol–water partition coefficient (Wildman–Crippen LogP) is 4.94. The van der Waals surface area contributed by atoms with Gasteiger partial charge in [-0.3, -0.25) is 0 Å². The minimum Gasteiger partial charge on any atom is -0.455 e. The number of hydrogen-bond donors (Lipinski definition) is 0. The Morgan fingerprint density at radius 3 is 2.60 bits per heavy atom. The lowest BCUT2D eigenvalue weighted by Crippen LogP contribution is -2.08. The molecule has 1 aromatic heterocycles. The first kappa shape index (κ1) is 17.1. The van der Waals surface area contributed by atoms with Gasteiger partial charge >= 0.3 is 5.97 Å². The zero-order chi connectivity index (χ0) is 18.0. The van der Waals surface area contributed by atoms with Crippen molar-refractivity contribution in [1.82, 2.24) is 4.98 Å². The molecule has 0 radical (unpaired) electrons. The number of benzene rings is 2. The summed E-state index contributed by atoms with van der Waals surface area (Å²) in [6.45, 7) is 1.50. The molecule has 0 aliphatic rings. The van der Waals surface area contributed by atoms with Gasteiger partial charge in [0.15, 0.2) is 11.6 Å². The van der Waals surface area contributed by atoms with Crippen LogP contribution in [0.1, 0.15) is 21.8 Å². The molecule has 1 heterocycles. The molecule has 0 bridgehead atoms. The van der Waals surface area contributed by atoms with Crippen molar-refractivity contribution in [3.05, 3.63) is 76.1 Å². The highest BCUT2D eigenvalue weighted by atomic mass is 35.5. The third-order valence-electron chi connectivity index (χ3n) is 3.48. The van der Waals surface area contributed by atoms with Gasteiger partial charge in [-0.2, -0.15) is 0 Å². The molecule has 0 spiro atoms. The number of aromatic nitrogens is 1. The Hall–Kier alpha value is -2.73. The number of aryl methyl sites for hydroxylation is 1. The van der Waals surface area contributed by atoms with Crippen LogP contribution in [-0.2, 0) is 11.3 Å². The maximum absolute atomic E-state index is 13.3. The van der Waals surface area contributed by atoms with Crippen molar-refractivity contribution in [1.29, 1.82) is 0 Å². The average Bonchev–Trinajstić information content (AvgIpc) is 2.97. The number of esters is 1. The topological polar surface area (TPSA) is 52.3 Å². The summed E-state index contributed by atoms with van der Waals surface area (Å²) in [6.07, 6.45) is 0. The SMILES string of the molecule is Cc1oc(-c2ccccc2)nc1COC(=O)c1cc(F)c(F)cc1Cl. The summed E-state index contributed by atoms with van der Waals surface area (Å²) in [7, 11) is 0. The van der Waals surface area contributed by atoms with Gasteiger partial charge in [0, 0.05) is 5.56 Å². The third-order valence-corrected chi connectivity index (χ3v) is 3.80. The molecule has 4 nitrogen and oxygen atoms in total. The Morgan fingerprint density at radius 2 is 1.88 bits per heavy atom. The van der Waals surface area contributed by atoms with E-state index in [-0.39, 0.29) is 17.2 Å². The fourth-order valence-electron chi connectivity index (χ4n) is 2.16. The Kier molecular flexibility index (Phi) is 4.81. The van der Waals surface area contributed by atoms with Crippen LogP contribution in [0.2, 0.25) is 5.02 Å². The second-order valence-electron chi connectivity index (χ2n) is 5.21. The molecule has 0 fully saturated rings. The van der Waals surface area contributed by atoms with Crippen molar-refractivity contribution < 1.29 is 22.7 Å². The lowest BCUT2D eigenvalue weighted by molar-refractivity contribution is 0.0466. The number of carbonyl (C=O) groups is 1. The van der Waals surface area contributed by atoms with Crippen molar-refractivity contribution in [2.45, 2.75) is 13.5 Å². The van der Waals surface area contributed by atoms with E-state index in [2.05, 4.69) is 4.98 Å². The molecule has 128 valence electrons. The molecule has 3 rings (SSSR count). The Morgan fingerprint density at radius 1 is 1.20 bits per heavy atom. The van der Waals surface area contributed by atoms with Crippen molar-refractivity contribution in [2.75, 3.05) is 0 Å². The van der Waals surface area contributed by atoms with Gasteiger partial charge in [0.2, 0.25) is 5.89 Å². The van der Waals surface area contributed by atoms with Gasteiger partial charge in [-0.15, -0.1) is 0 Å². The molecule has 0 aliphatic heterocycles. The Labute approximate surface area is 147 Å². The van der Waals surface area contributed by atoms with Gasteiger partial charge in [0.05, 0.1) is 10.6 Å². The van der Waals surface area contributed by atoms with E-state index in [1.165, 1.54) is 0 Å². The smallest absolute Gasteiger partial charge is 0.340 e. The molecular formula is C18H12ClF2NO3. The van der Waals surface area contributed by atoms with Crippen molar-refractivity contribution >= 4 is 17.6 Å². The van der Waals surface area contributed by atoms with Crippen LogP contribution in [0.25, 0.3) is 11.5 Å². The molecule has 0 unspecified atom stereocenters. The van der Waals surface area contributed by atoms with E-state index in [9.17, 15) is 13.6 Å². The van der Waals surface area contributed by atoms with Gasteiger partial charge in [0.1, 0.15) is 18.1 Å². The zero-order valence-corrected chi connectivity index (χ0v) is 13.8. The highest BCUT2D eigenvalue weighted by Crippen LogP contribution is 2.24. The van der Waals surface area contributed by atoms with Crippen LogP contribution in [-0.4, -0.2) is 11.0 Å². The summed E-state index contributed by atoms with van der Waals surface area (Å²) in [4.78, 5) is 16.3. The molecule has 3 aromatic rings. The number of hydrogen-bond acceptors (Lipinski definition) is 4. The molecule has 0 N–H and O–H groups in total. The number of nitrogens with zero attached hydrogens (tertiary/aromatic N) is 1.